The normalized spacial score (nSPS) is 12.3. The van der Waals surface area contributed by atoms with Crippen molar-refractivity contribution in [3.05, 3.63) is 260 Å². The molecule has 0 aliphatic heterocycles. The van der Waals surface area contributed by atoms with Crippen molar-refractivity contribution in [3.63, 3.8) is 0 Å². The first-order chi connectivity index (χ1) is 32.0. The summed E-state index contributed by atoms with van der Waals surface area (Å²) in [4.78, 5) is 9.22. The smallest absolute Gasteiger partial charge is 0.0468 e. The van der Waals surface area contributed by atoms with Crippen LogP contribution in [0.2, 0.25) is 0 Å². The van der Waals surface area contributed by atoms with Gasteiger partial charge in [0.25, 0.3) is 0 Å². The minimum absolute atomic E-state index is 0.117. The highest BCUT2D eigenvalue weighted by Gasteiger charge is 2.36. The van der Waals surface area contributed by atoms with E-state index < -0.39 is 0 Å². The summed E-state index contributed by atoms with van der Waals surface area (Å²) in [6, 6.07) is 85.4. The van der Waals surface area contributed by atoms with Crippen LogP contribution in [0.1, 0.15) is 25.0 Å². The van der Waals surface area contributed by atoms with Crippen molar-refractivity contribution in [3.8, 4) is 55.6 Å². The molecule has 0 radical (unpaired) electrons. The zero-order valence-electron chi connectivity index (χ0n) is 36.5. The van der Waals surface area contributed by atoms with Gasteiger partial charge in [0.05, 0.1) is 0 Å². The van der Waals surface area contributed by atoms with Crippen LogP contribution in [0.5, 0.6) is 0 Å². The average Bonchev–Trinajstić information content (AvgIpc) is 3.61. The van der Waals surface area contributed by atoms with E-state index in [9.17, 15) is 0 Å². The number of hydrogen-bond donors (Lipinski definition) is 0. The summed E-state index contributed by atoms with van der Waals surface area (Å²) in [5, 5.41) is 0. The van der Waals surface area contributed by atoms with Gasteiger partial charge in [-0.1, -0.05) is 172 Å². The summed E-state index contributed by atoms with van der Waals surface area (Å²) in [6.45, 7) is 4.60. The molecular weight excluding hydrogens is 787 g/mol. The Bertz CT molecular complexity index is 3130. The van der Waals surface area contributed by atoms with Crippen LogP contribution in [-0.4, -0.2) is 4.98 Å². The number of benzene rings is 9. The van der Waals surface area contributed by atoms with Crippen LogP contribution in [0.25, 0.3) is 55.6 Å². The molecule has 0 amide bonds. The zero-order chi connectivity index (χ0) is 43.7. The number of hydrogen-bond acceptors (Lipinski definition) is 3. The highest BCUT2D eigenvalue weighted by atomic mass is 15.1. The van der Waals surface area contributed by atoms with E-state index >= 15 is 0 Å². The molecule has 0 N–H and O–H groups in total. The Kier molecular flexibility index (Phi) is 10.2. The first-order valence-corrected chi connectivity index (χ1v) is 22.3. The third kappa shape index (κ3) is 7.58. The van der Waals surface area contributed by atoms with Gasteiger partial charge in [-0.25, -0.2) is 0 Å². The number of anilines is 6. The molecule has 1 aromatic heterocycles. The molecule has 0 atom stereocenters. The SMILES string of the molecule is CC1(C)c2ccc(N(c3ccc(-c4ccccc4)cc3)c3ccc(-c4ccc(N(c5ccc(-c6ccccc6)cc5)c5ccc(-c6ccccc6)cc5)cc4)cc3)cc2-c2ccncc21. The summed E-state index contributed by atoms with van der Waals surface area (Å²) in [6.07, 6.45) is 3.94. The molecular formula is C62H47N3. The molecule has 0 fully saturated rings. The maximum Gasteiger partial charge on any atom is 0.0468 e. The quantitative estimate of drug-likeness (QED) is 0.137. The lowest BCUT2D eigenvalue weighted by Gasteiger charge is -2.27. The summed E-state index contributed by atoms with van der Waals surface area (Å²) in [5.41, 5.74) is 21.1. The lowest BCUT2D eigenvalue weighted by molar-refractivity contribution is 0.657. The van der Waals surface area contributed by atoms with Crippen LogP contribution in [0.4, 0.5) is 34.1 Å². The number of pyridine rings is 1. The second-order valence-electron chi connectivity index (χ2n) is 17.3. The van der Waals surface area contributed by atoms with Crippen LogP contribution >= 0.6 is 0 Å². The van der Waals surface area contributed by atoms with Gasteiger partial charge in [-0.2, -0.15) is 0 Å². The van der Waals surface area contributed by atoms with E-state index in [-0.39, 0.29) is 5.41 Å². The molecule has 0 saturated heterocycles. The van der Waals surface area contributed by atoms with Crippen molar-refractivity contribution >= 4 is 34.1 Å². The van der Waals surface area contributed by atoms with Gasteiger partial charge in [0.15, 0.2) is 0 Å². The molecule has 0 bridgehead atoms. The van der Waals surface area contributed by atoms with E-state index in [4.69, 9.17) is 0 Å². The van der Waals surface area contributed by atoms with E-state index in [0.717, 1.165) is 45.3 Å². The molecule has 11 rings (SSSR count). The number of rotatable bonds is 10. The van der Waals surface area contributed by atoms with Crippen molar-refractivity contribution < 1.29 is 0 Å². The fraction of sp³-hybridized carbons (Fsp3) is 0.0484. The van der Waals surface area contributed by atoms with E-state index in [2.05, 4.69) is 265 Å². The third-order valence-corrected chi connectivity index (χ3v) is 13.0. The molecule has 0 unspecified atom stereocenters. The fourth-order valence-electron chi connectivity index (χ4n) is 9.51. The maximum atomic E-state index is 4.51. The van der Waals surface area contributed by atoms with E-state index in [1.165, 1.54) is 55.6 Å². The van der Waals surface area contributed by atoms with Gasteiger partial charge in [-0.3, -0.25) is 4.98 Å². The zero-order valence-corrected chi connectivity index (χ0v) is 36.5. The van der Waals surface area contributed by atoms with Crippen LogP contribution in [0.15, 0.2) is 249 Å². The fourth-order valence-corrected chi connectivity index (χ4v) is 9.51. The van der Waals surface area contributed by atoms with Gasteiger partial charge in [0.1, 0.15) is 0 Å². The Hall–Kier alpha value is -8.27. The topological polar surface area (TPSA) is 19.4 Å². The van der Waals surface area contributed by atoms with Gasteiger partial charge in [0, 0.05) is 51.9 Å². The molecule has 3 heteroatoms. The number of fused-ring (bicyclic) bond motifs is 3. The van der Waals surface area contributed by atoms with Gasteiger partial charge < -0.3 is 9.80 Å². The summed E-state index contributed by atoms with van der Waals surface area (Å²) in [5.74, 6) is 0. The first kappa shape index (κ1) is 39.6. The average molecular weight is 834 g/mol. The number of nitrogens with zero attached hydrogens (tertiary/aromatic N) is 3. The minimum Gasteiger partial charge on any atom is -0.311 e. The van der Waals surface area contributed by atoms with Crippen LogP contribution in [0.3, 0.4) is 0 Å². The van der Waals surface area contributed by atoms with Gasteiger partial charge in [0.2, 0.25) is 0 Å². The molecule has 1 heterocycles. The van der Waals surface area contributed by atoms with E-state index in [1.807, 2.05) is 12.4 Å². The molecule has 1 aliphatic carbocycles. The predicted octanol–water partition coefficient (Wildman–Crippen LogP) is 17.0. The van der Waals surface area contributed by atoms with Crippen molar-refractivity contribution in [2.24, 2.45) is 0 Å². The monoisotopic (exact) mass is 833 g/mol. The molecule has 9 aromatic carbocycles. The standard InChI is InChI=1S/C62H47N3/c1-62(2)60-39-38-57(42-59(60)58-40-41-63-43-61(58)62)65(55-34-22-49(23-35-55)46-16-10-5-11-17-46)56-36-26-51(27-37-56)50-24-32-54(33-25-50)64(52-28-18-47(19-29-52)44-12-6-3-7-13-44)53-30-20-48(21-31-53)45-14-8-4-9-15-45/h3-43H,1-2H3. The Labute approximate surface area is 382 Å². The molecule has 0 saturated carbocycles. The predicted molar refractivity (Wildman–Crippen MR) is 273 cm³/mol. The van der Waals surface area contributed by atoms with Crippen LogP contribution in [-0.2, 0) is 5.41 Å². The van der Waals surface area contributed by atoms with E-state index in [1.54, 1.807) is 0 Å². The Morgan fingerprint density at radius 3 is 0.954 bits per heavy atom. The van der Waals surface area contributed by atoms with Crippen LogP contribution in [0, 0.1) is 0 Å². The molecule has 0 spiro atoms. The van der Waals surface area contributed by atoms with Crippen molar-refractivity contribution in [1.29, 1.82) is 0 Å². The highest BCUT2D eigenvalue weighted by Crippen LogP contribution is 2.50. The summed E-state index contributed by atoms with van der Waals surface area (Å²) < 4.78 is 0. The van der Waals surface area contributed by atoms with Gasteiger partial charge in [-0.15, -0.1) is 0 Å². The lowest BCUT2D eigenvalue weighted by Crippen LogP contribution is -2.15. The highest BCUT2D eigenvalue weighted by molar-refractivity contribution is 5.88. The number of aromatic nitrogens is 1. The Morgan fingerprint density at radius 2 is 0.600 bits per heavy atom. The molecule has 1 aliphatic rings. The second-order valence-corrected chi connectivity index (χ2v) is 17.3. The lowest BCUT2D eigenvalue weighted by atomic mass is 9.83. The molecule has 65 heavy (non-hydrogen) atoms. The summed E-state index contributed by atoms with van der Waals surface area (Å²) in [7, 11) is 0. The van der Waals surface area contributed by atoms with E-state index in [0.29, 0.717) is 0 Å². The van der Waals surface area contributed by atoms with Crippen molar-refractivity contribution in [2.75, 3.05) is 9.80 Å². The Balaban J connectivity index is 0.931. The summed E-state index contributed by atoms with van der Waals surface area (Å²) >= 11 is 0. The molecule has 3 nitrogen and oxygen atoms in total. The maximum absolute atomic E-state index is 4.51. The first-order valence-electron chi connectivity index (χ1n) is 22.3. The minimum atomic E-state index is -0.117. The molecule has 10 aromatic rings. The third-order valence-electron chi connectivity index (χ3n) is 13.0. The Morgan fingerprint density at radius 1 is 0.292 bits per heavy atom. The van der Waals surface area contributed by atoms with Gasteiger partial charge >= 0.3 is 0 Å². The molecule has 310 valence electrons. The van der Waals surface area contributed by atoms with Crippen molar-refractivity contribution in [2.45, 2.75) is 19.3 Å². The van der Waals surface area contributed by atoms with Crippen molar-refractivity contribution in [1.82, 2.24) is 4.98 Å². The van der Waals surface area contributed by atoms with Gasteiger partial charge in [-0.05, 0) is 146 Å². The largest absolute Gasteiger partial charge is 0.311 e. The van der Waals surface area contributed by atoms with Crippen LogP contribution < -0.4 is 9.80 Å². The second kappa shape index (κ2) is 16.8.